The van der Waals surface area contributed by atoms with Crippen LogP contribution >= 0.6 is 8.46 Å². The summed E-state index contributed by atoms with van der Waals surface area (Å²) in [4.78, 5) is 0. The molecule has 3 nitrogen and oxygen atoms in total. The fraction of sp³-hybridized carbons (Fsp3) is 0.250. The highest BCUT2D eigenvalue weighted by molar-refractivity contribution is 7.34. The lowest BCUT2D eigenvalue weighted by molar-refractivity contribution is 0.396. The third-order valence-electron chi connectivity index (χ3n) is 1.52. The Kier molecular flexibility index (Phi) is 3.06. The van der Waals surface area contributed by atoms with E-state index < -0.39 is 8.46 Å². The second-order valence-corrected chi connectivity index (χ2v) is 2.91. The van der Waals surface area contributed by atoms with Crippen molar-refractivity contribution in [3.63, 3.8) is 0 Å². The van der Waals surface area contributed by atoms with Gasteiger partial charge in [0.15, 0.2) is 5.75 Å². The van der Waals surface area contributed by atoms with Gasteiger partial charge in [0, 0.05) is 6.07 Å². The van der Waals surface area contributed by atoms with Gasteiger partial charge in [-0.1, -0.05) is 4.57 Å². The molecule has 0 aliphatic carbocycles. The summed E-state index contributed by atoms with van der Waals surface area (Å²) in [6.45, 7) is 0. The van der Waals surface area contributed by atoms with Crippen molar-refractivity contribution in [3.05, 3.63) is 18.2 Å². The quantitative estimate of drug-likeness (QED) is 0.667. The van der Waals surface area contributed by atoms with Gasteiger partial charge in [0.2, 0.25) is 5.30 Å². The highest BCUT2D eigenvalue weighted by Gasteiger charge is 2.09. The van der Waals surface area contributed by atoms with Crippen LogP contribution in [0.4, 0.5) is 0 Å². The molecule has 1 aromatic rings. The number of hydrogen-bond acceptors (Lipinski definition) is 3. The van der Waals surface area contributed by atoms with Crippen molar-refractivity contribution in [2.45, 2.75) is 0 Å². The minimum atomic E-state index is -0.497. The maximum absolute atomic E-state index is 10.6. The molecule has 12 heavy (non-hydrogen) atoms. The molecule has 0 radical (unpaired) electrons. The molecule has 1 unspecified atom stereocenters. The Morgan fingerprint density at radius 2 is 2.00 bits per heavy atom. The topological polar surface area (TPSA) is 35.5 Å². The summed E-state index contributed by atoms with van der Waals surface area (Å²) in [5, 5.41) is 0.679. The molecule has 0 spiro atoms. The van der Waals surface area contributed by atoms with Gasteiger partial charge in [-0.15, -0.1) is 0 Å². The van der Waals surface area contributed by atoms with Crippen LogP contribution in [0.25, 0.3) is 0 Å². The van der Waals surface area contributed by atoms with Crippen molar-refractivity contribution in [1.29, 1.82) is 0 Å². The van der Waals surface area contributed by atoms with Crippen LogP contribution in [0.1, 0.15) is 0 Å². The molecule has 0 aliphatic heterocycles. The highest BCUT2D eigenvalue weighted by atomic mass is 31.1. The lowest BCUT2D eigenvalue weighted by Crippen LogP contribution is -1.99. The minimum Gasteiger partial charge on any atom is -0.497 e. The van der Waals surface area contributed by atoms with Gasteiger partial charge in [-0.2, -0.15) is 0 Å². The predicted octanol–water partition coefficient (Wildman–Crippen LogP) is 1.35. The second-order valence-electron chi connectivity index (χ2n) is 2.17. The standard InChI is InChI=1S/C8H9O3P/c1-10-6-3-4-8(12-9)7(5-6)11-2/h3-5H,1-2H3/p+1. The molecule has 1 atom stereocenters. The number of rotatable bonds is 3. The molecule has 0 amide bonds. The summed E-state index contributed by atoms with van der Waals surface area (Å²) in [7, 11) is 2.62. The Balaban J connectivity index is 3.10. The van der Waals surface area contributed by atoms with Gasteiger partial charge in [0.05, 0.1) is 14.2 Å². The summed E-state index contributed by atoms with van der Waals surface area (Å²) in [6.07, 6.45) is 0. The maximum Gasteiger partial charge on any atom is 0.367 e. The number of methoxy groups -OCH3 is 2. The molecule has 0 N–H and O–H groups in total. The molecule has 0 saturated carbocycles. The Bertz CT molecular complexity index is 286. The molecule has 4 heteroatoms. The fourth-order valence-corrected chi connectivity index (χ4v) is 1.31. The SMILES string of the molecule is COc1ccc([PH+]=O)c(OC)c1. The summed E-state index contributed by atoms with van der Waals surface area (Å²) in [5.74, 6) is 1.30. The Morgan fingerprint density at radius 1 is 1.25 bits per heavy atom. The third-order valence-corrected chi connectivity index (χ3v) is 2.15. The van der Waals surface area contributed by atoms with Crippen LogP contribution in [-0.4, -0.2) is 14.2 Å². The van der Waals surface area contributed by atoms with E-state index >= 15 is 0 Å². The maximum atomic E-state index is 10.6. The summed E-state index contributed by atoms with van der Waals surface area (Å²) < 4.78 is 20.6. The van der Waals surface area contributed by atoms with Crippen LogP contribution in [0, 0.1) is 0 Å². The van der Waals surface area contributed by atoms with E-state index in [1.54, 1.807) is 32.4 Å². The van der Waals surface area contributed by atoms with E-state index in [0.29, 0.717) is 16.8 Å². The molecule has 0 aromatic heterocycles. The molecular formula is C8H10O3P+. The molecule has 0 aliphatic rings. The van der Waals surface area contributed by atoms with Crippen molar-refractivity contribution < 1.29 is 14.0 Å². The van der Waals surface area contributed by atoms with Crippen molar-refractivity contribution >= 4 is 13.8 Å². The monoisotopic (exact) mass is 185 g/mol. The van der Waals surface area contributed by atoms with E-state index in [1.807, 2.05) is 0 Å². The number of benzene rings is 1. The fourth-order valence-electron chi connectivity index (χ4n) is 0.883. The van der Waals surface area contributed by atoms with E-state index in [-0.39, 0.29) is 0 Å². The first-order chi connectivity index (χ1) is 5.81. The second kappa shape index (κ2) is 4.07. The van der Waals surface area contributed by atoms with Gasteiger partial charge in [0.1, 0.15) is 5.75 Å². The van der Waals surface area contributed by atoms with E-state index in [2.05, 4.69) is 0 Å². The third kappa shape index (κ3) is 1.74. The molecule has 0 bridgehead atoms. The molecule has 0 saturated heterocycles. The van der Waals surface area contributed by atoms with Crippen molar-refractivity contribution in [3.8, 4) is 11.5 Å². The Morgan fingerprint density at radius 3 is 2.50 bits per heavy atom. The van der Waals surface area contributed by atoms with Crippen LogP contribution in [-0.2, 0) is 4.57 Å². The van der Waals surface area contributed by atoms with Gasteiger partial charge in [-0.05, 0) is 12.1 Å². The molecule has 1 aromatic carbocycles. The summed E-state index contributed by atoms with van der Waals surface area (Å²) >= 11 is 0. The first-order valence-corrected chi connectivity index (χ1v) is 4.33. The van der Waals surface area contributed by atoms with Crippen molar-refractivity contribution in [1.82, 2.24) is 0 Å². The van der Waals surface area contributed by atoms with Gasteiger partial charge >= 0.3 is 8.46 Å². The van der Waals surface area contributed by atoms with E-state index in [1.165, 1.54) is 0 Å². The first kappa shape index (κ1) is 9.01. The van der Waals surface area contributed by atoms with Gasteiger partial charge < -0.3 is 9.47 Å². The van der Waals surface area contributed by atoms with Crippen molar-refractivity contribution in [2.24, 2.45) is 0 Å². The Hall–Kier alpha value is -1.08. The van der Waals surface area contributed by atoms with Crippen LogP contribution in [0.2, 0.25) is 0 Å². The van der Waals surface area contributed by atoms with E-state index in [9.17, 15) is 4.57 Å². The average molecular weight is 185 g/mol. The predicted molar refractivity (Wildman–Crippen MR) is 48.2 cm³/mol. The van der Waals surface area contributed by atoms with Crippen LogP contribution in [0.5, 0.6) is 11.5 Å². The summed E-state index contributed by atoms with van der Waals surface area (Å²) in [5.41, 5.74) is 0. The lowest BCUT2D eigenvalue weighted by atomic mass is 10.3. The largest absolute Gasteiger partial charge is 0.497 e. The molecule has 0 fully saturated rings. The first-order valence-electron chi connectivity index (χ1n) is 3.42. The zero-order chi connectivity index (χ0) is 8.97. The zero-order valence-corrected chi connectivity index (χ0v) is 7.96. The zero-order valence-electron chi connectivity index (χ0n) is 6.96. The van der Waals surface area contributed by atoms with Gasteiger partial charge in [-0.25, -0.2) is 0 Å². The molecular weight excluding hydrogens is 175 g/mol. The smallest absolute Gasteiger partial charge is 0.367 e. The highest BCUT2D eigenvalue weighted by Crippen LogP contribution is 2.19. The normalized spacial score (nSPS) is 9.83. The molecule has 0 heterocycles. The van der Waals surface area contributed by atoms with Gasteiger partial charge in [-0.3, -0.25) is 0 Å². The van der Waals surface area contributed by atoms with Crippen molar-refractivity contribution in [2.75, 3.05) is 14.2 Å². The Labute approximate surface area is 72.5 Å². The number of hydrogen-bond donors (Lipinski definition) is 0. The molecule has 1 rings (SSSR count). The average Bonchev–Trinajstić information content (AvgIpc) is 2.16. The lowest BCUT2D eigenvalue weighted by Gasteiger charge is -2.01. The van der Waals surface area contributed by atoms with Crippen LogP contribution in [0.3, 0.4) is 0 Å². The van der Waals surface area contributed by atoms with Crippen LogP contribution in [0.15, 0.2) is 18.2 Å². The molecule has 64 valence electrons. The minimum absolute atomic E-state index is 0.497. The van der Waals surface area contributed by atoms with E-state index in [0.717, 1.165) is 0 Å². The van der Waals surface area contributed by atoms with Crippen LogP contribution < -0.4 is 14.8 Å². The van der Waals surface area contributed by atoms with Gasteiger partial charge in [0.25, 0.3) is 0 Å². The summed E-state index contributed by atoms with van der Waals surface area (Å²) in [6, 6.07) is 5.19. The van der Waals surface area contributed by atoms with E-state index in [4.69, 9.17) is 9.47 Å². The number of ether oxygens (including phenoxy) is 2.